The predicted octanol–water partition coefficient (Wildman–Crippen LogP) is 3.55. The molecule has 1 unspecified atom stereocenters. The molecule has 1 atom stereocenters. The number of aliphatic imine (C=N–C) groups is 1. The summed E-state index contributed by atoms with van der Waals surface area (Å²) in [5.74, 6) is 0.450. The summed E-state index contributed by atoms with van der Waals surface area (Å²) < 4.78 is 0. The molecule has 4 nitrogen and oxygen atoms in total. The summed E-state index contributed by atoms with van der Waals surface area (Å²) in [5, 5.41) is 3.10. The van der Waals surface area contributed by atoms with Crippen molar-refractivity contribution < 1.29 is 0 Å². The van der Waals surface area contributed by atoms with Crippen LogP contribution in [-0.4, -0.2) is 30.5 Å². The molecule has 2 aromatic rings. The van der Waals surface area contributed by atoms with Gasteiger partial charge in [-0.1, -0.05) is 48.5 Å². The van der Waals surface area contributed by atoms with Crippen LogP contribution in [-0.2, 0) is 6.54 Å². The third-order valence-corrected chi connectivity index (χ3v) is 3.60. The zero-order valence-electron chi connectivity index (χ0n) is 13.6. The molecule has 3 N–H and O–H groups in total. The first-order valence-electron chi connectivity index (χ1n) is 7.51. The fraction of sp³-hybridized carbons (Fsp3) is 0.278. The summed E-state index contributed by atoms with van der Waals surface area (Å²) in [5.41, 5.74) is 8.18. The molecule has 124 valence electrons. The van der Waals surface area contributed by atoms with Gasteiger partial charge >= 0.3 is 0 Å². The van der Waals surface area contributed by atoms with E-state index in [4.69, 9.17) is 5.73 Å². The monoisotopic (exact) mass is 424 g/mol. The molecule has 0 amide bonds. The van der Waals surface area contributed by atoms with Gasteiger partial charge in [0.15, 0.2) is 5.96 Å². The van der Waals surface area contributed by atoms with Gasteiger partial charge in [-0.05, 0) is 31.7 Å². The number of likely N-dealkylation sites (N-methyl/N-ethyl adjacent to an activating group) is 1. The van der Waals surface area contributed by atoms with Gasteiger partial charge in [-0.15, -0.1) is 24.0 Å². The van der Waals surface area contributed by atoms with Crippen molar-refractivity contribution in [3.8, 4) is 0 Å². The Bertz CT molecular complexity index is 586. The van der Waals surface area contributed by atoms with E-state index in [1.807, 2.05) is 36.4 Å². The fourth-order valence-corrected chi connectivity index (χ4v) is 2.11. The second-order valence-corrected chi connectivity index (χ2v) is 5.47. The van der Waals surface area contributed by atoms with E-state index in [2.05, 4.69) is 53.4 Å². The van der Waals surface area contributed by atoms with Crippen molar-refractivity contribution in [2.45, 2.75) is 19.5 Å². The molecule has 0 saturated carbocycles. The Hall–Kier alpha value is -1.60. The molecule has 0 spiro atoms. The number of guanidine groups is 1. The van der Waals surface area contributed by atoms with Crippen LogP contribution >= 0.6 is 24.0 Å². The Labute approximate surface area is 155 Å². The van der Waals surface area contributed by atoms with Gasteiger partial charge in [0.05, 0.1) is 6.54 Å². The molecule has 0 radical (unpaired) electrons. The van der Waals surface area contributed by atoms with Crippen LogP contribution in [0.2, 0.25) is 0 Å². The van der Waals surface area contributed by atoms with Crippen molar-refractivity contribution >= 4 is 35.6 Å². The third-order valence-electron chi connectivity index (χ3n) is 3.60. The second-order valence-electron chi connectivity index (χ2n) is 5.47. The first-order valence-corrected chi connectivity index (χ1v) is 7.51. The number of benzene rings is 2. The Balaban J connectivity index is 0.00000264. The molecule has 0 aliphatic heterocycles. The summed E-state index contributed by atoms with van der Waals surface area (Å²) >= 11 is 0. The third kappa shape index (κ3) is 7.00. The van der Waals surface area contributed by atoms with E-state index in [9.17, 15) is 0 Å². The van der Waals surface area contributed by atoms with Crippen molar-refractivity contribution in [2.75, 3.05) is 18.9 Å². The van der Waals surface area contributed by atoms with Crippen molar-refractivity contribution in [1.29, 1.82) is 0 Å². The molecule has 0 aliphatic rings. The first-order chi connectivity index (χ1) is 10.6. The maximum absolute atomic E-state index is 5.93. The topological polar surface area (TPSA) is 53.6 Å². The molecule has 23 heavy (non-hydrogen) atoms. The van der Waals surface area contributed by atoms with Gasteiger partial charge < -0.3 is 11.1 Å². The highest BCUT2D eigenvalue weighted by Crippen LogP contribution is 2.07. The number of nitrogens with one attached hydrogen (secondary N) is 1. The fourth-order valence-electron chi connectivity index (χ4n) is 2.11. The highest BCUT2D eigenvalue weighted by molar-refractivity contribution is 14.0. The van der Waals surface area contributed by atoms with Crippen LogP contribution in [0.5, 0.6) is 0 Å². The lowest BCUT2D eigenvalue weighted by Crippen LogP contribution is -2.32. The van der Waals surface area contributed by atoms with E-state index < -0.39 is 0 Å². The Morgan fingerprint density at radius 1 is 1.09 bits per heavy atom. The first kappa shape index (κ1) is 19.4. The molecule has 0 aromatic heterocycles. The molecule has 5 heteroatoms. The quantitative estimate of drug-likeness (QED) is 0.424. The zero-order chi connectivity index (χ0) is 15.8. The standard InChI is InChI=1S/C18H24N4.HI/c1-15(22(2)14-16-9-5-3-6-10-16)13-20-18(19)21-17-11-7-4-8-12-17;/h3-12,15H,13-14H2,1-2H3,(H3,19,20,21);1H. The number of hydrogen-bond donors (Lipinski definition) is 2. The highest BCUT2D eigenvalue weighted by atomic mass is 127. The van der Waals surface area contributed by atoms with Gasteiger partial charge in [-0.25, -0.2) is 0 Å². The smallest absolute Gasteiger partial charge is 0.193 e. The molecule has 0 aliphatic carbocycles. The molecule has 2 rings (SSSR count). The largest absolute Gasteiger partial charge is 0.370 e. The molecule has 0 heterocycles. The van der Waals surface area contributed by atoms with E-state index in [1.165, 1.54) is 5.56 Å². The van der Waals surface area contributed by atoms with Gasteiger partial charge in [0.2, 0.25) is 0 Å². The molecule has 0 fully saturated rings. The predicted molar refractivity (Wildman–Crippen MR) is 109 cm³/mol. The van der Waals surface area contributed by atoms with E-state index in [-0.39, 0.29) is 24.0 Å². The SMILES string of the molecule is CC(CN=C(N)Nc1ccccc1)N(C)Cc1ccccc1.I. The Morgan fingerprint density at radius 2 is 1.65 bits per heavy atom. The maximum atomic E-state index is 5.93. The van der Waals surface area contributed by atoms with E-state index >= 15 is 0 Å². The molecular formula is C18H25IN4. The lowest BCUT2D eigenvalue weighted by molar-refractivity contribution is 0.255. The van der Waals surface area contributed by atoms with Crippen LogP contribution in [0.3, 0.4) is 0 Å². The van der Waals surface area contributed by atoms with Crippen LogP contribution < -0.4 is 11.1 Å². The van der Waals surface area contributed by atoms with Gasteiger partial charge in [0.1, 0.15) is 0 Å². The van der Waals surface area contributed by atoms with Crippen LogP contribution in [0, 0.1) is 0 Å². The van der Waals surface area contributed by atoms with Crippen molar-refractivity contribution in [3.63, 3.8) is 0 Å². The average molecular weight is 424 g/mol. The van der Waals surface area contributed by atoms with Crippen molar-refractivity contribution in [1.82, 2.24) is 4.90 Å². The maximum Gasteiger partial charge on any atom is 0.193 e. The second kappa shape index (κ2) is 10.2. The number of hydrogen-bond acceptors (Lipinski definition) is 2. The minimum atomic E-state index is 0. The summed E-state index contributed by atoms with van der Waals surface area (Å²) in [6, 6.07) is 20.6. The van der Waals surface area contributed by atoms with Gasteiger partial charge in [0.25, 0.3) is 0 Å². The van der Waals surface area contributed by atoms with Crippen LogP contribution in [0.25, 0.3) is 0 Å². The average Bonchev–Trinajstić information content (AvgIpc) is 2.54. The molecule has 0 saturated heterocycles. The number of nitrogens with two attached hydrogens (primary N) is 1. The van der Waals surface area contributed by atoms with E-state index in [1.54, 1.807) is 0 Å². The summed E-state index contributed by atoms with van der Waals surface area (Å²) in [4.78, 5) is 6.70. The Morgan fingerprint density at radius 3 is 2.26 bits per heavy atom. The van der Waals surface area contributed by atoms with Crippen LogP contribution in [0.4, 0.5) is 5.69 Å². The van der Waals surface area contributed by atoms with E-state index in [0.717, 1.165) is 12.2 Å². The number of halogens is 1. The van der Waals surface area contributed by atoms with Crippen molar-refractivity contribution in [3.05, 3.63) is 66.2 Å². The highest BCUT2D eigenvalue weighted by Gasteiger charge is 2.09. The zero-order valence-corrected chi connectivity index (χ0v) is 16.0. The molecule has 2 aromatic carbocycles. The number of anilines is 1. The lowest BCUT2D eigenvalue weighted by atomic mass is 10.2. The minimum Gasteiger partial charge on any atom is -0.370 e. The van der Waals surface area contributed by atoms with Gasteiger partial charge in [-0.2, -0.15) is 0 Å². The normalized spacial score (nSPS) is 12.6. The van der Waals surface area contributed by atoms with Crippen LogP contribution in [0.15, 0.2) is 65.7 Å². The number of nitrogens with zero attached hydrogens (tertiary/aromatic N) is 2. The number of rotatable bonds is 6. The molecule has 0 bridgehead atoms. The summed E-state index contributed by atoms with van der Waals surface area (Å²) in [6.45, 7) is 3.72. The molecular weight excluding hydrogens is 399 g/mol. The minimum absolute atomic E-state index is 0. The van der Waals surface area contributed by atoms with Crippen molar-refractivity contribution in [2.24, 2.45) is 10.7 Å². The van der Waals surface area contributed by atoms with Gasteiger partial charge in [-0.3, -0.25) is 9.89 Å². The van der Waals surface area contributed by atoms with Gasteiger partial charge in [0, 0.05) is 18.3 Å². The van der Waals surface area contributed by atoms with Crippen LogP contribution in [0.1, 0.15) is 12.5 Å². The summed E-state index contributed by atoms with van der Waals surface area (Å²) in [7, 11) is 2.11. The van der Waals surface area contributed by atoms with E-state index in [0.29, 0.717) is 18.5 Å². The Kier molecular flexibility index (Phi) is 8.65. The number of para-hydroxylation sites is 1. The lowest BCUT2D eigenvalue weighted by Gasteiger charge is -2.23. The summed E-state index contributed by atoms with van der Waals surface area (Å²) in [6.07, 6.45) is 0.